The Kier molecular flexibility index (Phi) is 4.96. The molecule has 1 aromatic carbocycles. The van der Waals surface area contributed by atoms with E-state index in [1.54, 1.807) is 23.4 Å². The lowest BCUT2D eigenvalue weighted by Crippen LogP contribution is -2.39. The fraction of sp³-hybridized carbons (Fsp3) is 0.318. The van der Waals surface area contributed by atoms with Crippen LogP contribution in [-0.2, 0) is 11.3 Å². The summed E-state index contributed by atoms with van der Waals surface area (Å²) >= 11 is 0. The van der Waals surface area contributed by atoms with Gasteiger partial charge in [-0.2, -0.15) is 10.2 Å². The highest BCUT2D eigenvalue weighted by molar-refractivity contribution is 5.82. The van der Waals surface area contributed by atoms with E-state index in [2.05, 4.69) is 31.7 Å². The first-order chi connectivity index (χ1) is 14.8. The minimum absolute atomic E-state index is 0.0115. The number of fused-ring (bicyclic) bond motifs is 1. The minimum atomic E-state index is 0.0115. The maximum absolute atomic E-state index is 12.5. The number of para-hydroxylation sites is 1. The molecule has 152 valence electrons. The molecule has 8 nitrogen and oxygen atoms in total. The maximum atomic E-state index is 12.5. The summed E-state index contributed by atoms with van der Waals surface area (Å²) in [5.41, 5.74) is 2.86. The van der Waals surface area contributed by atoms with Gasteiger partial charge < -0.3 is 5.32 Å². The molecule has 0 saturated heterocycles. The van der Waals surface area contributed by atoms with Crippen molar-refractivity contribution < 1.29 is 4.79 Å². The SMILES string of the molecule is O=C(Cn1ncc2ccccc21)NC1CCC(n2cc(-c3ccncn3)cn2)CC1. The van der Waals surface area contributed by atoms with Crippen molar-refractivity contribution >= 4 is 16.8 Å². The number of aromatic nitrogens is 6. The van der Waals surface area contributed by atoms with Crippen LogP contribution in [0.2, 0.25) is 0 Å². The van der Waals surface area contributed by atoms with Crippen molar-refractivity contribution in [1.29, 1.82) is 0 Å². The number of rotatable bonds is 5. The average Bonchev–Trinajstić information content (AvgIpc) is 3.43. The summed E-state index contributed by atoms with van der Waals surface area (Å²) in [5.74, 6) is 0.0115. The molecule has 5 rings (SSSR count). The Hall–Kier alpha value is -3.55. The van der Waals surface area contributed by atoms with Crippen molar-refractivity contribution in [3.05, 3.63) is 61.4 Å². The minimum Gasteiger partial charge on any atom is -0.352 e. The third-order valence-electron chi connectivity index (χ3n) is 5.76. The molecule has 0 aliphatic heterocycles. The van der Waals surface area contributed by atoms with Crippen LogP contribution in [0, 0.1) is 0 Å². The Morgan fingerprint density at radius 1 is 1.07 bits per heavy atom. The molecule has 3 aromatic heterocycles. The molecule has 0 unspecified atom stereocenters. The molecule has 0 radical (unpaired) electrons. The number of nitrogens with zero attached hydrogens (tertiary/aromatic N) is 6. The second kappa shape index (κ2) is 8.06. The second-order valence-corrected chi connectivity index (χ2v) is 7.74. The van der Waals surface area contributed by atoms with Gasteiger partial charge in [0.25, 0.3) is 0 Å². The highest BCUT2D eigenvalue weighted by Crippen LogP contribution is 2.29. The molecule has 4 aromatic rings. The van der Waals surface area contributed by atoms with E-state index in [-0.39, 0.29) is 18.5 Å². The van der Waals surface area contributed by atoms with Crippen molar-refractivity contribution in [2.24, 2.45) is 0 Å². The molecule has 1 fully saturated rings. The van der Waals surface area contributed by atoms with Crippen LogP contribution in [0.5, 0.6) is 0 Å². The van der Waals surface area contributed by atoms with Gasteiger partial charge in [0.2, 0.25) is 5.91 Å². The average molecular weight is 401 g/mol. The fourth-order valence-corrected chi connectivity index (χ4v) is 4.18. The molecule has 30 heavy (non-hydrogen) atoms. The Morgan fingerprint density at radius 3 is 2.77 bits per heavy atom. The summed E-state index contributed by atoms with van der Waals surface area (Å²) in [5, 5.41) is 13.1. The summed E-state index contributed by atoms with van der Waals surface area (Å²) in [4.78, 5) is 20.8. The maximum Gasteiger partial charge on any atom is 0.241 e. The summed E-state index contributed by atoms with van der Waals surface area (Å²) in [7, 11) is 0. The number of carbonyl (C=O) groups excluding carboxylic acids is 1. The molecule has 3 heterocycles. The summed E-state index contributed by atoms with van der Waals surface area (Å²) < 4.78 is 3.79. The van der Waals surface area contributed by atoms with E-state index >= 15 is 0 Å². The highest BCUT2D eigenvalue weighted by Gasteiger charge is 2.24. The van der Waals surface area contributed by atoms with Gasteiger partial charge in [-0.1, -0.05) is 18.2 Å². The Morgan fingerprint density at radius 2 is 1.93 bits per heavy atom. The molecule has 0 bridgehead atoms. The van der Waals surface area contributed by atoms with E-state index in [1.807, 2.05) is 41.2 Å². The van der Waals surface area contributed by atoms with Gasteiger partial charge in [-0.25, -0.2) is 9.97 Å². The Balaban J connectivity index is 1.15. The van der Waals surface area contributed by atoms with E-state index in [9.17, 15) is 4.79 Å². The van der Waals surface area contributed by atoms with Crippen molar-refractivity contribution in [2.45, 2.75) is 44.3 Å². The smallest absolute Gasteiger partial charge is 0.241 e. The van der Waals surface area contributed by atoms with Gasteiger partial charge in [0.1, 0.15) is 12.9 Å². The van der Waals surface area contributed by atoms with Gasteiger partial charge in [-0.05, 0) is 37.8 Å². The van der Waals surface area contributed by atoms with Gasteiger partial charge >= 0.3 is 0 Å². The lowest BCUT2D eigenvalue weighted by molar-refractivity contribution is -0.122. The van der Waals surface area contributed by atoms with Gasteiger partial charge in [0.05, 0.1) is 29.6 Å². The van der Waals surface area contributed by atoms with E-state index in [4.69, 9.17) is 0 Å². The quantitative estimate of drug-likeness (QED) is 0.555. The third-order valence-corrected chi connectivity index (χ3v) is 5.76. The summed E-state index contributed by atoms with van der Waals surface area (Å²) in [6, 6.07) is 10.4. The van der Waals surface area contributed by atoms with Crippen LogP contribution in [0.4, 0.5) is 0 Å². The molecule has 0 atom stereocenters. The lowest BCUT2D eigenvalue weighted by Gasteiger charge is -2.29. The lowest BCUT2D eigenvalue weighted by atomic mass is 9.91. The fourth-order valence-electron chi connectivity index (χ4n) is 4.18. The Labute approximate surface area is 174 Å². The van der Waals surface area contributed by atoms with Crippen LogP contribution in [-0.4, -0.2) is 41.5 Å². The summed E-state index contributed by atoms with van der Waals surface area (Å²) in [6.07, 6.45) is 12.8. The molecule has 0 spiro atoms. The molecule has 1 N–H and O–H groups in total. The second-order valence-electron chi connectivity index (χ2n) is 7.74. The van der Waals surface area contributed by atoms with Crippen LogP contribution >= 0.6 is 0 Å². The number of hydrogen-bond donors (Lipinski definition) is 1. The first-order valence-electron chi connectivity index (χ1n) is 10.3. The predicted molar refractivity (Wildman–Crippen MR) is 112 cm³/mol. The highest BCUT2D eigenvalue weighted by atomic mass is 16.2. The van der Waals surface area contributed by atoms with Crippen molar-refractivity contribution in [2.75, 3.05) is 0 Å². The number of benzene rings is 1. The zero-order chi connectivity index (χ0) is 20.3. The predicted octanol–water partition coefficient (Wildman–Crippen LogP) is 2.99. The number of amides is 1. The van der Waals surface area contributed by atoms with E-state index in [0.29, 0.717) is 6.04 Å². The van der Waals surface area contributed by atoms with Crippen LogP contribution in [0.15, 0.2) is 61.4 Å². The van der Waals surface area contributed by atoms with E-state index in [1.165, 1.54) is 0 Å². The van der Waals surface area contributed by atoms with Gasteiger partial charge in [0.15, 0.2) is 0 Å². The number of hydrogen-bond acceptors (Lipinski definition) is 5. The van der Waals surface area contributed by atoms with Crippen molar-refractivity contribution in [1.82, 2.24) is 34.8 Å². The monoisotopic (exact) mass is 401 g/mol. The topological polar surface area (TPSA) is 90.5 Å². The van der Waals surface area contributed by atoms with Crippen LogP contribution < -0.4 is 5.32 Å². The zero-order valence-electron chi connectivity index (χ0n) is 16.6. The molecule has 1 amide bonds. The number of carbonyl (C=O) groups is 1. The van der Waals surface area contributed by atoms with E-state index < -0.39 is 0 Å². The van der Waals surface area contributed by atoms with E-state index in [0.717, 1.165) is 47.8 Å². The van der Waals surface area contributed by atoms with Crippen LogP contribution in [0.25, 0.3) is 22.2 Å². The molecule has 1 saturated carbocycles. The zero-order valence-corrected chi connectivity index (χ0v) is 16.6. The van der Waals surface area contributed by atoms with Crippen LogP contribution in [0.3, 0.4) is 0 Å². The normalized spacial score (nSPS) is 19.1. The standard InChI is InChI=1S/C22H23N7O/c30-22(14-29-21-4-2-1-3-16(21)11-26-29)27-18-5-7-19(8-6-18)28-13-17(12-25-28)20-9-10-23-15-24-20/h1-4,9-13,15,18-19H,5-8,14H2,(H,27,30). The van der Waals surface area contributed by atoms with Gasteiger partial charge in [0, 0.05) is 29.4 Å². The van der Waals surface area contributed by atoms with Crippen molar-refractivity contribution in [3.8, 4) is 11.3 Å². The number of nitrogens with one attached hydrogen (secondary N) is 1. The molecule has 8 heteroatoms. The Bertz CT molecular complexity index is 1140. The molecular formula is C22H23N7O. The van der Waals surface area contributed by atoms with Crippen molar-refractivity contribution in [3.63, 3.8) is 0 Å². The molecule has 1 aliphatic carbocycles. The summed E-state index contributed by atoms with van der Waals surface area (Å²) in [6.45, 7) is 0.245. The molecule has 1 aliphatic rings. The van der Waals surface area contributed by atoms with Gasteiger partial charge in [-0.15, -0.1) is 0 Å². The largest absolute Gasteiger partial charge is 0.352 e. The van der Waals surface area contributed by atoms with Gasteiger partial charge in [-0.3, -0.25) is 14.2 Å². The first kappa shape index (κ1) is 18.5. The third kappa shape index (κ3) is 3.80. The first-order valence-corrected chi connectivity index (χ1v) is 10.3. The van der Waals surface area contributed by atoms with Crippen LogP contribution in [0.1, 0.15) is 31.7 Å². The molecular weight excluding hydrogens is 378 g/mol.